The summed E-state index contributed by atoms with van der Waals surface area (Å²) in [6, 6.07) is 34.8. The van der Waals surface area contributed by atoms with E-state index in [0.717, 1.165) is 50.4 Å². The molecule has 5 heteroatoms. The van der Waals surface area contributed by atoms with Gasteiger partial charge in [0.25, 0.3) is 0 Å². The van der Waals surface area contributed by atoms with Gasteiger partial charge in [-0.3, -0.25) is 4.98 Å². The first-order valence-electron chi connectivity index (χ1n) is 11.6. The third-order valence-electron chi connectivity index (χ3n) is 6.37. The molecule has 35 heavy (non-hydrogen) atoms. The highest BCUT2D eigenvalue weighted by atomic mass is 16.3. The quantitative estimate of drug-likeness (QED) is 0.328. The molecule has 166 valence electrons. The Labute approximate surface area is 201 Å². The number of fused-ring (bicyclic) bond motifs is 4. The summed E-state index contributed by atoms with van der Waals surface area (Å²) in [5.41, 5.74) is 5.36. The van der Waals surface area contributed by atoms with E-state index in [4.69, 9.17) is 14.4 Å². The van der Waals surface area contributed by atoms with Crippen molar-refractivity contribution in [2.24, 2.45) is 9.98 Å². The van der Waals surface area contributed by atoms with Gasteiger partial charge in [0.15, 0.2) is 11.7 Å². The van der Waals surface area contributed by atoms with Gasteiger partial charge >= 0.3 is 0 Å². The maximum absolute atomic E-state index is 6.08. The Kier molecular flexibility index (Phi) is 4.45. The number of hydrogen-bond donors (Lipinski definition) is 1. The molecule has 0 aliphatic carbocycles. The molecular weight excluding hydrogens is 432 g/mol. The second kappa shape index (κ2) is 7.92. The molecule has 1 aliphatic heterocycles. The topological polar surface area (TPSA) is 62.8 Å². The molecule has 1 atom stereocenters. The summed E-state index contributed by atoms with van der Waals surface area (Å²) in [4.78, 5) is 14.7. The van der Waals surface area contributed by atoms with Crippen LogP contribution in [0.3, 0.4) is 0 Å². The minimum atomic E-state index is -0.382. The third-order valence-corrected chi connectivity index (χ3v) is 6.37. The Hall–Kier alpha value is -4.77. The van der Waals surface area contributed by atoms with Gasteiger partial charge in [-0.2, -0.15) is 0 Å². The summed E-state index contributed by atoms with van der Waals surface area (Å²) < 4.78 is 6.08. The van der Waals surface area contributed by atoms with Crippen molar-refractivity contribution in [2.45, 2.75) is 6.17 Å². The van der Waals surface area contributed by atoms with E-state index in [0.29, 0.717) is 0 Å². The summed E-state index contributed by atoms with van der Waals surface area (Å²) in [5.74, 6) is 1.53. The molecule has 0 radical (unpaired) electrons. The zero-order chi connectivity index (χ0) is 23.2. The van der Waals surface area contributed by atoms with Crippen LogP contribution in [-0.2, 0) is 0 Å². The van der Waals surface area contributed by atoms with E-state index in [-0.39, 0.29) is 6.17 Å². The summed E-state index contributed by atoms with van der Waals surface area (Å²) in [6.45, 7) is 0. The van der Waals surface area contributed by atoms with Gasteiger partial charge in [-0.05, 0) is 40.6 Å². The largest absolute Gasteiger partial charge is 0.454 e. The Morgan fingerprint density at radius 2 is 1.46 bits per heavy atom. The number of amidine groups is 2. The van der Waals surface area contributed by atoms with Crippen molar-refractivity contribution >= 4 is 44.5 Å². The van der Waals surface area contributed by atoms with Gasteiger partial charge in [0.05, 0.1) is 5.39 Å². The van der Waals surface area contributed by atoms with Gasteiger partial charge in [-0.15, -0.1) is 0 Å². The fourth-order valence-electron chi connectivity index (χ4n) is 4.68. The molecule has 2 aromatic heterocycles. The van der Waals surface area contributed by atoms with Crippen LogP contribution in [-0.4, -0.2) is 16.7 Å². The van der Waals surface area contributed by atoms with E-state index in [1.165, 1.54) is 10.8 Å². The van der Waals surface area contributed by atoms with Crippen molar-refractivity contribution in [3.05, 3.63) is 126 Å². The lowest BCUT2D eigenvalue weighted by Gasteiger charge is -2.23. The number of benzene rings is 4. The molecular formula is C30H20N4O. The molecule has 3 heterocycles. The summed E-state index contributed by atoms with van der Waals surface area (Å²) in [5, 5.41) is 6.81. The number of hydrogen-bond acceptors (Lipinski definition) is 5. The number of nitrogens with zero attached hydrogens (tertiary/aromatic N) is 3. The van der Waals surface area contributed by atoms with E-state index in [9.17, 15) is 0 Å². The van der Waals surface area contributed by atoms with Crippen molar-refractivity contribution in [3.63, 3.8) is 0 Å². The highest BCUT2D eigenvalue weighted by molar-refractivity contribution is 6.22. The normalized spacial score (nSPS) is 15.7. The molecule has 0 spiro atoms. The van der Waals surface area contributed by atoms with Gasteiger partial charge < -0.3 is 9.73 Å². The number of pyridine rings is 1. The van der Waals surface area contributed by atoms with E-state index in [2.05, 4.69) is 71.0 Å². The monoisotopic (exact) mass is 452 g/mol. The highest BCUT2D eigenvalue weighted by Crippen LogP contribution is 2.32. The van der Waals surface area contributed by atoms with Crippen LogP contribution >= 0.6 is 0 Å². The summed E-state index contributed by atoms with van der Waals surface area (Å²) in [6.07, 6.45) is 1.41. The Morgan fingerprint density at radius 1 is 0.657 bits per heavy atom. The SMILES string of the molecule is c1ccc(C2=NC(c3ccc4ccccc4c3)N=C(c3cccc4oc5cccnc5c34)N2)cc1. The van der Waals surface area contributed by atoms with Crippen molar-refractivity contribution in [1.82, 2.24) is 10.3 Å². The Bertz CT molecular complexity index is 1780. The lowest BCUT2D eigenvalue weighted by molar-refractivity contribution is 0.668. The number of nitrogens with one attached hydrogen (secondary N) is 1. The van der Waals surface area contributed by atoms with Crippen molar-refractivity contribution in [2.75, 3.05) is 0 Å². The highest BCUT2D eigenvalue weighted by Gasteiger charge is 2.23. The minimum absolute atomic E-state index is 0.382. The first kappa shape index (κ1) is 19.7. The molecule has 5 nitrogen and oxygen atoms in total. The van der Waals surface area contributed by atoms with Gasteiger partial charge in [-0.1, -0.05) is 78.9 Å². The zero-order valence-electron chi connectivity index (χ0n) is 18.7. The molecule has 0 fully saturated rings. The van der Waals surface area contributed by atoms with Crippen LogP contribution in [0.5, 0.6) is 0 Å². The average Bonchev–Trinajstić information content (AvgIpc) is 3.32. The maximum Gasteiger partial charge on any atom is 0.169 e. The van der Waals surface area contributed by atoms with Crippen molar-refractivity contribution in [3.8, 4) is 0 Å². The minimum Gasteiger partial charge on any atom is -0.454 e. The van der Waals surface area contributed by atoms with Crippen LogP contribution < -0.4 is 5.32 Å². The van der Waals surface area contributed by atoms with E-state index >= 15 is 0 Å². The van der Waals surface area contributed by atoms with Crippen LogP contribution in [0.25, 0.3) is 32.8 Å². The smallest absolute Gasteiger partial charge is 0.169 e. The molecule has 0 bridgehead atoms. The molecule has 0 saturated carbocycles. The standard InChI is InChI=1S/C30H20N4O/c1-2-9-20(10-3-1)28-32-29(22-16-15-19-8-4-5-11-21(19)18-22)34-30(33-28)23-12-6-13-24-26(23)27-25(35-24)14-7-17-31-27/h1-18,29H,(H,32,33,34). The predicted molar refractivity (Wildman–Crippen MR) is 141 cm³/mol. The first-order valence-corrected chi connectivity index (χ1v) is 11.6. The van der Waals surface area contributed by atoms with Crippen molar-refractivity contribution in [1.29, 1.82) is 0 Å². The molecule has 1 unspecified atom stereocenters. The van der Waals surface area contributed by atoms with Gasteiger partial charge in [0.2, 0.25) is 0 Å². The Balaban J connectivity index is 1.43. The third kappa shape index (κ3) is 3.37. The van der Waals surface area contributed by atoms with Gasteiger partial charge in [0.1, 0.15) is 22.8 Å². The fourth-order valence-corrected chi connectivity index (χ4v) is 4.68. The lowest BCUT2D eigenvalue weighted by atomic mass is 10.0. The molecule has 0 saturated heterocycles. The molecule has 4 aromatic carbocycles. The molecule has 0 amide bonds. The van der Waals surface area contributed by atoms with E-state index in [1.54, 1.807) is 6.20 Å². The second-order valence-electron chi connectivity index (χ2n) is 8.56. The van der Waals surface area contributed by atoms with Gasteiger partial charge in [-0.25, -0.2) is 9.98 Å². The molecule has 1 N–H and O–H groups in total. The molecule has 1 aliphatic rings. The molecule has 6 aromatic rings. The number of rotatable bonds is 3. The van der Waals surface area contributed by atoms with E-state index < -0.39 is 0 Å². The van der Waals surface area contributed by atoms with Crippen LogP contribution in [0.1, 0.15) is 22.9 Å². The number of aromatic nitrogens is 1. The molecule has 7 rings (SSSR count). The Morgan fingerprint density at radius 3 is 2.37 bits per heavy atom. The summed E-state index contributed by atoms with van der Waals surface area (Å²) in [7, 11) is 0. The van der Waals surface area contributed by atoms with Crippen LogP contribution in [0, 0.1) is 0 Å². The lowest BCUT2D eigenvalue weighted by Crippen LogP contribution is -2.36. The zero-order valence-corrected chi connectivity index (χ0v) is 18.7. The van der Waals surface area contributed by atoms with Crippen LogP contribution in [0.4, 0.5) is 0 Å². The number of aliphatic imine (C=N–C) groups is 2. The van der Waals surface area contributed by atoms with Crippen LogP contribution in [0.2, 0.25) is 0 Å². The van der Waals surface area contributed by atoms with Crippen molar-refractivity contribution < 1.29 is 4.42 Å². The summed E-state index contributed by atoms with van der Waals surface area (Å²) >= 11 is 0. The predicted octanol–water partition coefficient (Wildman–Crippen LogP) is 6.63. The average molecular weight is 453 g/mol. The maximum atomic E-state index is 6.08. The first-order chi connectivity index (χ1) is 17.3. The van der Waals surface area contributed by atoms with Crippen LogP contribution in [0.15, 0.2) is 124 Å². The van der Waals surface area contributed by atoms with E-state index in [1.807, 2.05) is 42.5 Å². The van der Waals surface area contributed by atoms with Gasteiger partial charge in [0, 0.05) is 17.3 Å². The number of furan rings is 1. The fraction of sp³-hybridized carbons (Fsp3) is 0.0333. The second-order valence-corrected chi connectivity index (χ2v) is 8.56.